The van der Waals surface area contributed by atoms with Gasteiger partial charge in [-0.15, -0.1) is 0 Å². The number of carbonyl (C=O) groups excluding carboxylic acids is 2. The smallest absolute Gasteiger partial charge is 0.275 e. The number of benzene rings is 1. The zero-order valence-electron chi connectivity index (χ0n) is 15.3. The number of nitrogens with one attached hydrogen (secondary N) is 2. The molecular formula is C19H14BrClN6O2. The van der Waals surface area contributed by atoms with Gasteiger partial charge in [-0.2, -0.15) is 10.4 Å². The lowest BCUT2D eigenvalue weighted by atomic mass is 10.0. The quantitative estimate of drug-likeness (QED) is 0.602. The molecule has 0 aliphatic carbocycles. The summed E-state index contributed by atoms with van der Waals surface area (Å²) in [4.78, 5) is 29.6. The average Bonchev–Trinajstić information content (AvgIpc) is 3.10. The van der Waals surface area contributed by atoms with Gasteiger partial charge in [0.25, 0.3) is 11.8 Å². The lowest BCUT2D eigenvalue weighted by Gasteiger charge is -2.15. The molecular weight excluding hydrogens is 460 g/mol. The molecule has 1 aromatic carbocycles. The summed E-state index contributed by atoms with van der Waals surface area (Å²) in [5, 5.41) is 18.9. The Kier molecular flexibility index (Phi) is 5.96. The highest BCUT2D eigenvalue weighted by Gasteiger charge is 2.23. The Morgan fingerprint density at radius 3 is 2.72 bits per heavy atom. The second-order valence-electron chi connectivity index (χ2n) is 5.92. The predicted molar refractivity (Wildman–Crippen MR) is 111 cm³/mol. The molecule has 2 aromatic heterocycles. The minimum atomic E-state index is -0.533. The molecule has 10 heteroatoms. The van der Waals surface area contributed by atoms with Gasteiger partial charge >= 0.3 is 0 Å². The number of carbonyl (C=O) groups is 2. The minimum absolute atomic E-state index is 0.150. The standard InChI is InChI=1S/C19H14BrClN6O2/c1-10-6-11(8-22)7-12(18(28)23-2)15(10)26-19(29)16-13(20)9-25-27(16)17-14(21)4-3-5-24-17/h3-7,9H,1-2H3,(H,23,28)(H,26,29). The summed E-state index contributed by atoms with van der Waals surface area (Å²) in [7, 11) is 1.47. The number of hydrogen-bond acceptors (Lipinski definition) is 5. The number of hydrogen-bond donors (Lipinski definition) is 2. The van der Waals surface area contributed by atoms with E-state index in [9.17, 15) is 14.9 Å². The largest absolute Gasteiger partial charge is 0.355 e. The minimum Gasteiger partial charge on any atom is -0.355 e. The highest BCUT2D eigenvalue weighted by molar-refractivity contribution is 9.10. The molecule has 29 heavy (non-hydrogen) atoms. The van der Waals surface area contributed by atoms with Crippen molar-refractivity contribution in [3.63, 3.8) is 0 Å². The maximum absolute atomic E-state index is 13.1. The Morgan fingerprint density at radius 1 is 1.31 bits per heavy atom. The van der Waals surface area contributed by atoms with Crippen LogP contribution in [-0.2, 0) is 0 Å². The molecule has 0 fully saturated rings. The van der Waals surface area contributed by atoms with Gasteiger partial charge in [-0.25, -0.2) is 9.67 Å². The van der Waals surface area contributed by atoms with Gasteiger partial charge in [-0.05, 0) is 52.7 Å². The molecule has 0 unspecified atom stereocenters. The Hall–Kier alpha value is -3.22. The number of pyridine rings is 1. The molecule has 0 saturated carbocycles. The molecule has 0 bridgehead atoms. The van der Waals surface area contributed by atoms with Crippen molar-refractivity contribution in [1.29, 1.82) is 5.26 Å². The Morgan fingerprint density at radius 2 is 2.07 bits per heavy atom. The van der Waals surface area contributed by atoms with E-state index in [1.807, 2.05) is 6.07 Å². The number of anilines is 1. The molecule has 2 heterocycles. The lowest BCUT2D eigenvalue weighted by molar-refractivity contribution is 0.0964. The zero-order valence-corrected chi connectivity index (χ0v) is 17.7. The molecule has 0 spiro atoms. The number of nitriles is 1. The summed E-state index contributed by atoms with van der Waals surface area (Å²) in [6.07, 6.45) is 2.98. The summed E-state index contributed by atoms with van der Waals surface area (Å²) in [6, 6.07) is 8.31. The molecule has 8 nitrogen and oxygen atoms in total. The molecule has 146 valence electrons. The molecule has 0 atom stereocenters. The van der Waals surface area contributed by atoms with Crippen LogP contribution in [-0.4, -0.2) is 33.6 Å². The van der Waals surface area contributed by atoms with Crippen LogP contribution in [0.3, 0.4) is 0 Å². The van der Waals surface area contributed by atoms with Crippen molar-refractivity contribution < 1.29 is 9.59 Å². The summed E-state index contributed by atoms with van der Waals surface area (Å²) >= 11 is 9.51. The van der Waals surface area contributed by atoms with E-state index in [0.717, 1.165) is 0 Å². The number of halogens is 2. The van der Waals surface area contributed by atoms with Crippen molar-refractivity contribution in [1.82, 2.24) is 20.1 Å². The summed E-state index contributed by atoms with van der Waals surface area (Å²) in [5.74, 6) is -0.678. The highest BCUT2D eigenvalue weighted by Crippen LogP contribution is 2.27. The monoisotopic (exact) mass is 472 g/mol. The van der Waals surface area contributed by atoms with Gasteiger partial charge in [0, 0.05) is 13.2 Å². The van der Waals surface area contributed by atoms with Crippen molar-refractivity contribution >= 4 is 45.0 Å². The first-order chi connectivity index (χ1) is 13.9. The van der Waals surface area contributed by atoms with E-state index in [0.29, 0.717) is 26.3 Å². The van der Waals surface area contributed by atoms with Crippen LogP contribution in [0.5, 0.6) is 0 Å². The van der Waals surface area contributed by atoms with E-state index < -0.39 is 11.8 Å². The van der Waals surface area contributed by atoms with Crippen LogP contribution >= 0.6 is 27.5 Å². The maximum Gasteiger partial charge on any atom is 0.275 e. The van der Waals surface area contributed by atoms with Gasteiger partial charge in [-0.3, -0.25) is 9.59 Å². The molecule has 2 amide bonds. The van der Waals surface area contributed by atoms with Crippen molar-refractivity contribution in [2.45, 2.75) is 6.92 Å². The van der Waals surface area contributed by atoms with E-state index >= 15 is 0 Å². The first-order valence-corrected chi connectivity index (χ1v) is 9.47. The van der Waals surface area contributed by atoms with Gasteiger partial charge in [0.05, 0.1) is 38.6 Å². The van der Waals surface area contributed by atoms with Crippen molar-refractivity contribution in [3.05, 3.63) is 68.5 Å². The van der Waals surface area contributed by atoms with Crippen LogP contribution in [0.15, 0.2) is 41.1 Å². The van der Waals surface area contributed by atoms with Crippen molar-refractivity contribution in [2.75, 3.05) is 12.4 Å². The van der Waals surface area contributed by atoms with Crippen LogP contribution in [0.25, 0.3) is 5.82 Å². The Balaban J connectivity index is 2.08. The third-order valence-electron chi connectivity index (χ3n) is 4.05. The number of rotatable bonds is 4. The molecule has 0 aliphatic rings. The van der Waals surface area contributed by atoms with Crippen LogP contribution in [0.2, 0.25) is 5.02 Å². The molecule has 2 N–H and O–H groups in total. The summed E-state index contributed by atoms with van der Waals surface area (Å²) < 4.78 is 1.73. The van der Waals surface area contributed by atoms with Crippen LogP contribution in [0.4, 0.5) is 5.69 Å². The van der Waals surface area contributed by atoms with Crippen LogP contribution in [0.1, 0.15) is 32.0 Å². The molecule has 0 saturated heterocycles. The second-order valence-corrected chi connectivity index (χ2v) is 7.18. The molecule has 0 radical (unpaired) electrons. The topological polar surface area (TPSA) is 113 Å². The van der Waals surface area contributed by atoms with Gasteiger partial charge in [0.15, 0.2) is 5.82 Å². The maximum atomic E-state index is 13.1. The molecule has 3 aromatic rings. The van der Waals surface area contributed by atoms with E-state index in [-0.39, 0.29) is 17.1 Å². The second kappa shape index (κ2) is 8.43. The number of aromatic nitrogens is 3. The number of nitrogens with zero attached hydrogens (tertiary/aromatic N) is 4. The van der Waals surface area contributed by atoms with Crippen LogP contribution < -0.4 is 10.6 Å². The van der Waals surface area contributed by atoms with Crippen molar-refractivity contribution in [3.8, 4) is 11.9 Å². The van der Waals surface area contributed by atoms with Gasteiger partial charge in [-0.1, -0.05) is 11.6 Å². The van der Waals surface area contributed by atoms with Gasteiger partial charge in [0.2, 0.25) is 0 Å². The zero-order chi connectivity index (χ0) is 21.1. The predicted octanol–water partition coefficient (Wildman–Crippen LogP) is 3.48. The fourth-order valence-corrected chi connectivity index (χ4v) is 3.37. The van der Waals surface area contributed by atoms with E-state index in [1.165, 1.54) is 30.2 Å². The fraction of sp³-hybridized carbons (Fsp3) is 0.105. The van der Waals surface area contributed by atoms with E-state index in [4.69, 9.17) is 11.6 Å². The summed E-state index contributed by atoms with van der Waals surface area (Å²) in [5.41, 5.74) is 1.49. The first kappa shape index (κ1) is 20.5. The van der Waals surface area contributed by atoms with Gasteiger partial charge in [0.1, 0.15) is 5.69 Å². The Labute approximate surface area is 179 Å². The number of amides is 2. The third kappa shape index (κ3) is 3.99. The highest BCUT2D eigenvalue weighted by atomic mass is 79.9. The number of aryl methyl sites for hydroxylation is 1. The van der Waals surface area contributed by atoms with E-state index in [1.54, 1.807) is 25.1 Å². The summed E-state index contributed by atoms with van der Waals surface area (Å²) in [6.45, 7) is 1.70. The normalized spacial score (nSPS) is 10.3. The van der Waals surface area contributed by atoms with Crippen LogP contribution in [0, 0.1) is 18.3 Å². The molecule has 0 aliphatic heterocycles. The molecule has 3 rings (SSSR count). The van der Waals surface area contributed by atoms with E-state index in [2.05, 4.69) is 36.6 Å². The SMILES string of the molecule is CNC(=O)c1cc(C#N)cc(C)c1NC(=O)c1c(Br)cnn1-c1ncccc1Cl. The van der Waals surface area contributed by atoms with Gasteiger partial charge < -0.3 is 10.6 Å². The lowest BCUT2D eigenvalue weighted by Crippen LogP contribution is -2.24. The third-order valence-corrected chi connectivity index (χ3v) is 4.93. The Bertz CT molecular complexity index is 1170. The first-order valence-electron chi connectivity index (χ1n) is 8.30. The average molecular weight is 474 g/mol. The fourth-order valence-electron chi connectivity index (χ4n) is 2.73. The van der Waals surface area contributed by atoms with Crippen molar-refractivity contribution in [2.24, 2.45) is 0 Å².